The number of carbonyl (C=O) groups is 2. The van der Waals surface area contributed by atoms with Crippen molar-refractivity contribution >= 4 is 23.7 Å². The van der Waals surface area contributed by atoms with Gasteiger partial charge < -0.3 is 14.8 Å². The Morgan fingerprint density at radius 3 is 2.46 bits per heavy atom. The molecule has 0 fully saturated rings. The number of nitrogens with zero attached hydrogens (tertiary/aromatic N) is 2. The summed E-state index contributed by atoms with van der Waals surface area (Å²) in [4.78, 5) is 24.0. The number of para-hydroxylation sites is 1. The molecule has 35 heavy (non-hydrogen) atoms. The molecule has 3 aromatic rings. The van der Waals surface area contributed by atoms with Crippen molar-refractivity contribution in [2.75, 3.05) is 11.9 Å². The third-order valence-corrected chi connectivity index (χ3v) is 4.83. The van der Waals surface area contributed by atoms with Gasteiger partial charge >= 0.3 is 0 Å². The van der Waals surface area contributed by atoms with Crippen molar-refractivity contribution in [1.82, 2.24) is 5.43 Å². The molecule has 0 bridgehead atoms. The summed E-state index contributed by atoms with van der Waals surface area (Å²) >= 11 is 0. The second-order valence-electron chi connectivity index (χ2n) is 7.40. The lowest BCUT2D eigenvalue weighted by Gasteiger charge is -2.13. The SMILES string of the molecule is CCOc1cc(C=NNC(=O)CCC(=O)Nc2ccccc2)ccc1OCc1ccccc1C#N. The van der Waals surface area contributed by atoms with Gasteiger partial charge in [-0.25, -0.2) is 5.43 Å². The van der Waals surface area contributed by atoms with Crippen LogP contribution in [0.5, 0.6) is 11.5 Å². The molecule has 0 heterocycles. The topological polar surface area (TPSA) is 113 Å². The number of hydrogen-bond donors (Lipinski definition) is 2. The first-order valence-electron chi connectivity index (χ1n) is 11.1. The van der Waals surface area contributed by atoms with Crippen molar-refractivity contribution in [3.05, 3.63) is 89.5 Å². The van der Waals surface area contributed by atoms with E-state index in [0.29, 0.717) is 34.9 Å². The van der Waals surface area contributed by atoms with Crippen LogP contribution in [-0.4, -0.2) is 24.6 Å². The van der Waals surface area contributed by atoms with Gasteiger partial charge in [-0.05, 0) is 48.9 Å². The van der Waals surface area contributed by atoms with Gasteiger partial charge in [0.25, 0.3) is 0 Å². The van der Waals surface area contributed by atoms with Gasteiger partial charge in [-0.2, -0.15) is 10.4 Å². The van der Waals surface area contributed by atoms with Crippen LogP contribution in [0.1, 0.15) is 36.5 Å². The Bertz CT molecular complexity index is 1220. The molecule has 0 saturated carbocycles. The van der Waals surface area contributed by atoms with E-state index < -0.39 is 0 Å². The molecule has 0 aliphatic heterocycles. The fraction of sp³-hybridized carbons (Fsp3) is 0.185. The molecule has 0 atom stereocenters. The zero-order valence-electron chi connectivity index (χ0n) is 19.4. The largest absolute Gasteiger partial charge is 0.490 e. The zero-order chi connectivity index (χ0) is 24.9. The van der Waals surface area contributed by atoms with Gasteiger partial charge in [0.2, 0.25) is 11.8 Å². The summed E-state index contributed by atoms with van der Waals surface area (Å²) in [5.74, 6) is 0.440. The second kappa shape index (κ2) is 13.2. The van der Waals surface area contributed by atoms with Crippen LogP contribution in [0, 0.1) is 11.3 Å². The summed E-state index contributed by atoms with van der Waals surface area (Å²) in [6.07, 6.45) is 1.54. The van der Waals surface area contributed by atoms with E-state index in [4.69, 9.17) is 9.47 Å². The minimum Gasteiger partial charge on any atom is -0.490 e. The molecule has 0 unspecified atom stereocenters. The van der Waals surface area contributed by atoms with Crippen LogP contribution in [0.25, 0.3) is 0 Å². The highest BCUT2D eigenvalue weighted by Crippen LogP contribution is 2.29. The summed E-state index contributed by atoms with van der Waals surface area (Å²) in [5, 5.41) is 15.9. The molecule has 8 heteroatoms. The Labute approximate surface area is 204 Å². The van der Waals surface area contributed by atoms with E-state index in [1.54, 1.807) is 42.5 Å². The van der Waals surface area contributed by atoms with Crippen molar-refractivity contribution in [3.63, 3.8) is 0 Å². The minimum absolute atomic E-state index is 0.0111. The van der Waals surface area contributed by atoms with Gasteiger partial charge in [0.1, 0.15) is 6.61 Å². The Kier molecular flexibility index (Phi) is 9.40. The van der Waals surface area contributed by atoms with Gasteiger partial charge in [0.15, 0.2) is 11.5 Å². The predicted molar refractivity (Wildman–Crippen MR) is 133 cm³/mol. The van der Waals surface area contributed by atoms with Crippen LogP contribution in [0.3, 0.4) is 0 Å². The number of amides is 2. The van der Waals surface area contributed by atoms with Crippen LogP contribution in [0.2, 0.25) is 0 Å². The number of rotatable bonds is 11. The third-order valence-electron chi connectivity index (χ3n) is 4.83. The van der Waals surface area contributed by atoms with Gasteiger partial charge in [-0.15, -0.1) is 0 Å². The molecular weight excluding hydrogens is 444 g/mol. The molecule has 0 saturated heterocycles. The number of nitriles is 1. The normalized spacial score (nSPS) is 10.4. The summed E-state index contributed by atoms with van der Waals surface area (Å²) in [5.41, 5.74) is 5.14. The van der Waals surface area contributed by atoms with Crippen LogP contribution < -0.4 is 20.2 Å². The van der Waals surface area contributed by atoms with Crippen molar-refractivity contribution in [1.29, 1.82) is 5.26 Å². The first-order valence-corrected chi connectivity index (χ1v) is 11.1. The molecule has 3 rings (SSSR count). The fourth-order valence-electron chi connectivity index (χ4n) is 3.11. The monoisotopic (exact) mass is 470 g/mol. The highest BCUT2D eigenvalue weighted by atomic mass is 16.5. The lowest BCUT2D eigenvalue weighted by atomic mass is 10.1. The van der Waals surface area contributed by atoms with E-state index in [9.17, 15) is 14.9 Å². The maximum absolute atomic E-state index is 12.0. The molecule has 8 nitrogen and oxygen atoms in total. The summed E-state index contributed by atoms with van der Waals surface area (Å²) in [7, 11) is 0. The molecule has 0 spiro atoms. The van der Waals surface area contributed by atoms with Crippen LogP contribution in [-0.2, 0) is 16.2 Å². The lowest BCUT2D eigenvalue weighted by Crippen LogP contribution is -2.20. The number of anilines is 1. The summed E-state index contributed by atoms with van der Waals surface area (Å²) < 4.78 is 11.6. The van der Waals surface area contributed by atoms with Crippen molar-refractivity contribution in [2.45, 2.75) is 26.4 Å². The highest BCUT2D eigenvalue weighted by Gasteiger charge is 2.09. The van der Waals surface area contributed by atoms with E-state index in [-0.39, 0.29) is 31.3 Å². The minimum atomic E-state index is -0.370. The average Bonchev–Trinajstić information content (AvgIpc) is 2.88. The second-order valence-corrected chi connectivity index (χ2v) is 7.40. The Balaban J connectivity index is 1.52. The first kappa shape index (κ1) is 25.0. The average molecular weight is 471 g/mol. The molecular formula is C27H26N4O4. The molecule has 2 amide bonds. The highest BCUT2D eigenvalue weighted by molar-refractivity contribution is 5.93. The number of ether oxygens (including phenoxy) is 2. The van der Waals surface area contributed by atoms with Gasteiger partial charge in [-0.3, -0.25) is 9.59 Å². The van der Waals surface area contributed by atoms with Crippen molar-refractivity contribution in [2.24, 2.45) is 5.10 Å². The van der Waals surface area contributed by atoms with Crippen LogP contribution in [0.15, 0.2) is 77.9 Å². The molecule has 2 N–H and O–H groups in total. The number of benzene rings is 3. The Morgan fingerprint density at radius 2 is 1.69 bits per heavy atom. The smallest absolute Gasteiger partial charge is 0.240 e. The third kappa shape index (κ3) is 8.02. The van der Waals surface area contributed by atoms with E-state index >= 15 is 0 Å². The van der Waals surface area contributed by atoms with E-state index in [0.717, 1.165) is 5.56 Å². The molecule has 0 radical (unpaired) electrons. The van der Waals surface area contributed by atoms with Crippen molar-refractivity contribution < 1.29 is 19.1 Å². The Morgan fingerprint density at radius 1 is 0.943 bits per heavy atom. The van der Waals surface area contributed by atoms with E-state index in [1.807, 2.05) is 37.3 Å². The van der Waals surface area contributed by atoms with Gasteiger partial charge in [0.05, 0.1) is 24.5 Å². The number of nitrogens with one attached hydrogen (secondary N) is 2. The Hall–Kier alpha value is -4.64. The van der Waals surface area contributed by atoms with Gasteiger partial charge in [0, 0.05) is 24.1 Å². The predicted octanol–water partition coefficient (Wildman–Crippen LogP) is 4.40. The first-order chi connectivity index (χ1) is 17.1. The maximum atomic E-state index is 12.0. The number of hydrogen-bond acceptors (Lipinski definition) is 6. The lowest BCUT2D eigenvalue weighted by molar-refractivity contribution is -0.124. The van der Waals surface area contributed by atoms with E-state index in [1.165, 1.54) is 6.21 Å². The van der Waals surface area contributed by atoms with Crippen molar-refractivity contribution in [3.8, 4) is 17.6 Å². The molecule has 0 aliphatic carbocycles. The standard InChI is InChI=1S/C27H26N4O4/c1-2-34-25-16-20(12-13-24(25)35-19-22-9-7-6-8-21(22)17-28)18-29-31-27(33)15-14-26(32)30-23-10-4-3-5-11-23/h3-13,16,18H,2,14-15,19H2,1H3,(H,30,32)(H,31,33). The van der Waals surface area contributed by atoms with Crippen LogP contribution in [0.4, 0.5) is 5.69 Å². The van der Waals surface area contributed by atoms with E-state index in [2.05, 4.69) is 21.9 Å². The molecule has 178 valence electrons. The zero-order valence-corrected chi connectivity index (χ0v) is 19.4. The summed E-state index contributed by atoms with van der Waals surface area (Å²) in [6, 6.07) is 23.7. The molecule has 0 aromatic heterocycles. The molecule has 3 aromatic carbocycles. The summed E-state index contributed by atoms with van der Waals surface area (Å²) in [6.45, 7) is 2.53. The maximum Gasteiger partial charge on any atom is 0.240 e. The van der Waals surface area contributed by atoms with Gasteiger partial charge in [-0.1, -0.05) is 36.4 Å². The molecule has 0 aliphatic rings. The van der Waals surface area contributed by atoms with Crippen LogP contribution >= 0.6 is 0 Å². The number of carbonyl (C=O) groups excluding carboxylic acids is 2. The number of hydrazone groups is 1. The quantitative estimate of drug-likeness (QED) is 0.318. The fourth-order valence-corrected chi connectivity index (χ4v) is 3.11.